The molecule has 0 fully saturated rings. The van der Waals surface area contributed by atoms with Gasteiger partial charge >= 0.3 is 0 Å². The van der Waals surface area contributed by atoms with E-state index in [1.807, 2.05) is 35.0 Å². The highest BCUT2D eigenvalue weighted by atomic mass is 32.2. The number of pyridine rings is 1. The first-order chi connectivity index (χ1) is 11.5. The summed E-state index contributed by atoms with van der Waals surface area (Å²) in [6.45, 7) is 2.27. The van der Waals surface area contributed by atoms with E-state index in [-0.39, 0.29) is 5.16 Å². The van der Waals surface area contributed by atoms with E-state index < -0.39 is 9.84 Å². The Morgan fingerprint density at radius 3 is 2.92 bits per heavy atom. The fraction of sp³-hybridized carbons (Fsp3) is 0.312. The van der Waals surface area contributed by atoms with Crippen LogP contribution >= 0.6 is 0 Å². The number of hydrogen-bond donors (Lipinski definition) is 0. The molecule has 4 rings (SSSR count). The maximum Gasteiger partial charge on any atom is 0.246 e. The summed E-state index contributed by atoms with van der Waals surface area (Å²) in [7, 11) is -3.36. The first-order valence-electron chi connectivity index (χ1n) is 7.69. The molecule has 0 saturated heterocycles. The van der Waals surface area contributed by atoms with Crippen LogP contribution in [0.15, 0.2) is 41.9 Å². The first kappa shape index (κ1) is 15.2. The van der Waals surface area contributed by atoms with Crippen molar-refractivity contribution < 1.29 is 8.42 Å². The van der Waals surface area contributed by atoms with Gasteiger partial charge in [0.1, 0.15) is 5.65 Å². The van der Waals surface area contributed by atoms with Crippen LogP contribution in [-0.2, 0) is 29.3 Å². The van der Waals surface area contributed by atoms with Gasteiger partial charge < -0.3 is 4.40 Å². The van der Waals surface area contributed by atoms with Gasteiger partial charge in [0.05, 0.1) is 11.4 Å². The van der Waals surface area contributed by atoms with Crippen molar-refractivity contribution in [1.82, 2.24) is 24.3 Å². The molecule has 8 heteroatoms. The zero-order chi connectivity index (χ0) is 16.7. The predicted octanol–water partition coefficient (Wildman–Crippen LogP) is 1.09. The highest BCUT2D eigenvalue weighted by molar-refractivity contribution is 7.90. The molecule has 0 atom stereocenters. The van der Waals surface area contributed by atoms with Gasteiger partial charge in [0.25, 0.3) is 0 Å². The molecule has 3 aromatic heterocycles. The third-order valence-corrected chi connectivity index (χ3v) is 4.98. The summed E-state index contributed by atoms with van der Waals surface area (Å²) in [4.78, 5) is 15.1. The van der Waals surface area contributed by atoms with Crippen molar-refractivity contribution in [2.75, 3.05) is 12.8 Å². The lowest BCUT2D eigenvalue weighted by Crippen LogP contribution is -2.31. The molecule has 0 spiro atoms. The number of aromatic nitrogens is 4. The minimum absolute atomic E-state index is 0.0879. The van der Waals surface area contributed by atoms with Gasteiger partial charge in [-0.1, -0.05) is 6.07 Å². The topological polar surface area (TPSA) is 80.5 Å². The van der Waals surface area contributed by atoms with Crippen molar-refractivity contribution in [2.45, 2.75) is 24.7 Å². The van der Waals surface area contributed by atoms with Crippen molar-refractivity contribution in [3.05, 3.63) is 53.7 Å². The molecule has 0 saturated carbocycles. The fourth-order valence-corrected chi connectivity index (χ4v) is 3.48. The normalized spacial score (nSPS) is 15.5. The summed E-state index contributed by atoms with van der Waals surface area (Å²) in [5.41, 5.74) is 3.76. The van der Waals surface area contributed by atoms with Crippen LogP contribution in [0.1, 0.15) is 17.0 Å². The smallest absolute Gasteiger partial charge is 0.246 e. The lowest BCUT2D eigenvalue weighted by Gasteiger charge is -2.27. The van der Waals surface area contributed by atoms with Crippen LogP contribution in [0.25, 0.3) is 5.65 Å². The number of hydrogen-bond acceptors (Lipinski definition) is 6. The van der Waals surface area contributed by atoms with Crippen LogP contribution in [0.2, 0.25) is 0 Å². The zero-order valence-corrected chi connectivity index (χ0v) is 14.1. The van der Waals surface area contributed by atoms with Gasteiger partial charge in [-0.05, 0) is 12.1 Å². The average Bonchev–Trinajstić information content (AvgIpc) is 2.95. The Bertz CT molecular complexity index is 979. The average molecular weight is 343 g/mol. The molecule has 24 heavy (non-hydrogen) atoms. The highest BCUT2D eigenvalue weighted by Crippen LogP contribution is 2.19. The highest BCUT2D eigenvalue weighted by Gasteiger charge is 2.21. The van der Waals surface area contributed by atoms with Crippen molar-refractivity contribution in [3.8, 4) is 0 Å². The van der Waals surface area contributed by atoms with Crippen molar-refractivity contribution >= 4 is 15.5 Å². The Balaban J connectivity index is 1.54. The second-order valence-electron chi connectivity index (χ2n) is 6.06. The van der Waals surface area contributed by atoms with Crippen molar-refractivity contribution in [3.63, 3.8) is 0 Å². The van der Waals surface area contributed by atoms with E-state index in [0.717, 1.165) is 41.9 Å². The van der Waals surface area contributed by atoms with Gasteiger partial charge in [0.15, 0.2) is 0 Å². The summed E-state index contributed by atoms with van der Waals surface area (Å²) >= 11 is 0. The van der Waals surface area contributed by atoms with E-state index in [1.54, 1.807) is 6.20 Å². The van der Waals surface area contributed by atoms with E-state index >= 15 is 0 Å². The number of rotatable bonds is 3. The Labute approximate surface area is 139 Å². The maximum atomic E-state index is 11.6. The molecule has 124 valence electrons. The van der Waals surface area contributed by atoms with Gasteiger partial charge in [-0.2, -0.15) is 0 Å². The molecule has 0 unspecified atom stereocenters. The quantitative estimate of drug-likeness (QED) is 0.662. The van der Waals surface area contributed by atoms with Crippen LogP contribution in [0.5, 0.6) is 0 Å². The standard InChI is InChI=1S/C16H17N5O2S/c1-24(22,23)16-17-8-12-9-20(7-5-14(12)19-16)10-13-11-21-6-3-2-4-15(21)18-13/h2-4,6,8,11H,5,7,9-10H2,1H3. The molecule has 1 aliphatic rings. The van der Waals surface area contributed by atoms with E-state index in [4.69, 9.17) is 0 Å². The summed E-state index contributed by atoms with van der Waals surface area (Å²) < 4.78 is 25.1. The van der Waals surface area contributed by atoms with Crippen LogP contribution in [0.3, 0.4) is 0 Å². The zero-order valence-electron chi connectivity index (χ0n) is 13.3. The van der Waals surface area contributed by atoms with Crippen LogP contribution < -0.4 is 0 Å². The fourth-order valence-electron chi connectivity index (χ4n) is 2.96. The maximum absolute atomic E-state index is 11.6. The largest absolute Gasteiger partial charge is 0.307 e. The number of imidazole rings is 1. The van der Waals surface area contributed by atoms with E-state index in [0.29, 0.717) is 13.0 Å². The van der Waals surface area contributed by atoms with Crippen LogP contribution in [0, 0.1) is 0 Å². The molecule has 1 aliphatic heterocycles. The molecular weight excluding hydrogens is 326 g/mol. The molecule has 0 bridgehead atoms. The first-order valence-corrected chi connectivity index (χ1v) is 9.58. The Hall–Kier alpha value is -2.32. The van der Waals surface area contributed by atoms with Gasteiger partial charge in [-0.15, -0.1) is 0 Å². The molecule has 0 N–H and O–H groups in total. The lowest BCUT2D eigenvalue weighted by molar-refractivity contribution is 0.239. The molecule has 4 heterocycles. The second-order valence-corrected chi connectivity index (χ2v) is 7.97. The SMILES string of the molecule is CS(=O)(=O)c1ncc2c(n1)CCN(Cc1cn3ccccc3n1)C2. The van der Waals surface area contributed by atoms with E-state index in [2.05, 4.69) is 19.9 Å². The Morgan fingerprint density at radius 2 is 2.12 bits per heavy atom. The number of sulfone groups is 1. The minimum Gasteiger partial charge on any atom is -0.307 e. The number of fused-ring (bicyclic) bond motifs is 2. The van der Waals surface area contributed by atoms with Crippen LogP contribution in [-0.4, -0.2) is 45.5 Å². The minimum atomic E-state index is -3.36. The van der Waals surface area contributed by atoms with Gasteiger partial charge in [-0.25, -0.2) is 23.4 Å². The Kier molecular flexibility index (Phi) is 3.58. The second kappa shape index (κ2) is 5.64. The molecule has 0 amide bonds. The summed E-state index contributed by atoms with van der Waals surface area (Å²) in [5, 5.41) is -0.0879. The number of nitrogens with zero attached hydrogens (tertiary/aromatic N) is 5. The Morgan fingerprint density at radius 1 is 1.25 bits per heavy atom. The lowest BCUT2D eigenvalue weighted by atomic mass is 10.1. The van der Waals surface area contributed by atoms with E-state index in [9.17, 15) is 8.42 Å². The third kappa shape index (κ3) is 2.90. The summed E-state index contributed by atoms with van der Waals surface area (Å²) in [6.07, 6.45) is 7.50. The van der Waals surface area contributed by atoms with Crippen molar-refractivity contribution in [1.29, 1.82) is 0 Å². The van der Waals surface area contributed by atoms with Gasteiger partial charge in [0.2, 0.25) is 15.0 Å². The molecular formula is C16H17N5O2S. The molecule has 3 aromatic rings. The monoisotopic (exact) mass is 343 g/mol. The summed E-state index contributed by atoms with van der Waals surface area (Å²) in [5.74, 6) is 0. The van der Waals surface area contributed by atoms with Gasteiger partial charge in [0, 0.05) is 56.5 Å². The predicted molar refractivity (Wildman–Crippen MR) is 88.2 cm³/mol. The van der Waals surface area contributed by atoms with Gasteiger partial charge in [-0.3, -0.25) is 4.90 Å². The van der Waals surface area contributed by atoms with Crippen molar-refractivity contribution in [2.24, 2.45) is 0 Å². The van der Waals surface area contributed by atoms with E-state index in [1.165, 1.54) is 0 Å². The molecule has 0 aromatic carbocycles. The third-order valence-electron chi connectivity index (χ3n) is 4.12. The summed E-state index contributed by atoms with van der Waals surface area (Å²) in [6, 6.07) is 5.93. The molecule has 0 aliphatic carbocycles. The van der Waals surface area contributed by atoms with Crippen LogP contribution in [0.4, 0.5) is 0 Å². The molecule has 0 radical (unpaired) electrons. The molecule has 7 nitrogen and oxygen atoms in total.